The van der Waals surface area contributed by atoms with Crippen LogP contribution in [0.5, 0.6) is 0 Å². The molecule has 1 aliphatic carbocycles. The van der Waals surface area contributed by atoms with Crippen LogP contribution in [0.1, 0.15) is 69.0 Å². The van der Waals surface area contributed by atoms with Gasteiger partial charge in [0.1, 0.15) is 0 Å². The van der Waals surface area contributed by atoms with E-state index in [1.807, 2.05) is 18.7 Å². The fourth-order valence-electron chi connectivity index (χ4n) is 4.37. The number of carbonyl (C=O) groups excluding carboxylic acids is 1. The van der Waals surface area contributed by atoms with Crippen molar-refractivity contribution in [3.63, 3.8) is 0 Å². The van der Waals surface area contributed by atoms with Crippen molar-refractivity contribution in [2.45, 2.75) is 64.3 Å². The van der Waals surface area contributed by atoms with Crippen molar-refractivity contribution in [3.05, 3.63) is 17.5 Å². The fourth-order valence-corrected chi connectivity index (χ4v) is 4.37. The second-order valence-corrected chi connectivity index (χ2v) is 7.52. The van der Waals surface area contributed by atoms with Gasteiger partial charge in [0.15, 0.2) is 0 Å². The third-order valence-corrected chi connectivity index (χ3v) is 5.55. The van der Waals surface area contributed by atoms with E-state index in [4.69, 9.17) is 5.10 Å². The predicted octanol–water partition coefficient (Wildman–Crippen LogP) is 2.82. The van der Waals surface area contributed by atoms with Crippen molar-refractivity contribution in [2.24, 2.45) is 13.0 Å². The largest absolute Gasteiger partial charge is 0.356 e. The highest BCUT2D eigenvalue weighted by molar-refractivity contribution is 5.78. The third-order valence-electron chi connectivity index (χ3n) is 5.55. The summed E-state index contributed by atoms with van der Waals surface area (Å²) >= 11 is 0. The number of nitrogens with one attached hydrogen (secondary N) is 1. The molecule has 1 amide bonds. The van der Waals surface area contributed by atoms with Crippen molar-refractivity contribution in [2.75, 3.05) is 19.6 Å². The van der Waals surface area contributed by atoms with E-state index in [9.17, 15) is 4.79 Å². The summed E-state index contributed by atoms with van der Waals surface area (Å²) in [5.74, 6) is 1.01. The highest BCUT2D eigenvalue weighted by atomic mass is 16.1. The number of hydrogen-bond donors (Lipinski definition) is 1. The van der Waals surface area contributed by atoms with Gasteiger partial charge >= 0.3 is 0 Å². The highest BCUT2D eigenvalue weighted by Gasteiger charge is 2.27. The Bertz CT molecular complexity index is 548. The van der Waals surface area contributed by atoms with Crippen molar-refractivity contribution in [1.82, 2.24) is 20.0 Å². The second kappa shape index (κ2) is 8.15. The summed E-state index contributed by atoms with van der Waals surface area (Å²) in [5, 5.41) is 7.78. The minimum absolute atomic E-state index is 0.147. The molecule has 1 unspecified atom stereocenters. The van der Waals surface area contributed by atoms with Crippen LogP contribution < -0.4 is 5.32 Å². The summed E-state index contributed by atoms with van der Waals surface area (Å²) in [6, 6.07) is 0. The maximum atomic E-state index is 12.2. The molecule has 3 rings (SSSR count). The molecule has 1 atom stereocenters. The van der Waals surface area contributed by atoms with Gasteiger partial charge in [-0.3, -0.25) is 14.4 Å². The molecule has 1 aliphatic heterocycles. The Morgan fingerprint density at radius 1 is 1.25 bits per heavy atom. The van der Waals surface area contributed by atoms with Gasteiger partial charge in [-0.2, -0.15) is 5.10 Å². The Hall–Kier alpha value is -1.36. The maximum Gasteiger partial charge on any atom is 0.224 e. The number of rotatable bonds is 5. The van der Waals surface area contributed by atoms with Crippen molar-refractivity contribution < 1.29 is 4.79 Å². The number of amides is 1. The molecule has 1 saturated carbocycles. The van der Waals surface area contributed by atoms with E-state index in [0.717, 1.165) is 39.0 Å². The first-order chi connectivity index (χ1) is 11.7. The lowest BCUT2D eigenvalue weighted by Crippen LogP contribution is -2.42. The Kier molecular flexibility index (Phi) is 5.93. The predicted molar refractivity (Wildman–Crippen MR) is 95.7 cm³/mol. The first kappa shape index (κ1) is 17.5. The van der Waals surface area contributed by atoms with E-state index in [1.54, 1.807) is 0 Å². The van der Waals surface area contributed by atoms with E-state index >= 15 is 0 Å². The molecule has 2 fully saturated rings. The van der Waals surface area contributed by atoms with Crippen LogP contribution in [0.2, 0.25) is 0 Å². The topological polar surface area (TPSA) is 50.2 Å². The number of hydrogen-bond acceptors (Lipinski definition) is 3. The van der Waals surface area contributed by atoms with Crippen molar-refractivity contribution >= 4 is 5.91 Å². The van der Waals surface area contributed by atoms with Crippen LogP contribution in [0.4, 0.5) is 0 Å². The average molecular weight is 332 g/mol. The van der Waals surface area contributed by atoms with Gasteiger partial charge in [-0.05, 0) is 39.2 Å². The van der Waals surface area contributed by atoms with Crippen molar-refractivity contribution in [1.29, 1.82) is 0 Å². The Morgan fingerprint density at radius 3 is 2.79 bits per heavy atom. The minimum Gasteiger partial charge on any atom is -0.356 e. The number of aryl methyl sites for hydroxylation is 1. The van der Waals surface area contributed by atoms with E-state index in [0.29, 0.717) is 5.92 Å². The summed E-state index contributed by atoms with van der Waals surface area (Å²) in [6.07, 6.45) is 10.9. The minimum atomic E-state index is 0.147. The van der Waals surface area contributed by atoms with Crippen LogP contribution in [0.15, 0.2) is 6.20 Å². The lowest BCUT2D eigenvalue weighted by atomic mass is 9.85. The van der Waals surface area contributed by atoms with Gasteiger partial charge < -0.3 is 5.32 Å². The van der Waals surface area contributed by atoms with E-state index in [1.165, 1.54) is 43.4 Å². The number of piperidine rings is 1. The quantitative estimate of drug-likeness (QED) is 0.902. The molecule has 0 spiro atoms. The maximum absolute atomic E-state index is 12.2. The van der Waals surface area contributed by atoms with Crippen LogP contribution >= 0.6 is 0 Å². The molecule has 24 heavy (non-hydrogen) atoms. The molecular weight excluding hydrogens is 300 g/mol. The molecule has 2 aliphatic rings. The Labute approximate surface area is 145 Å². The average Bonchev–Trinajstić information content (AvgIpc) is 2.96. The lowest BCUT2D eigenvalue weighted by molar-refractivity contribution is -0.126. The molecule has 5 heteroatoms. The molecule has 134 valence electrons. The highest BCUT2D eigenvalue weighted by Crippen LogP contribution is 2.34. The monoisotopic (exact) mass is 332 g/mol. The molecule has 1 N–H and O–H groups in total. The smallest absolute Gasteiger partial charge is 0.224 e. The second-order valence-electron chi connectivity index (χ2n) is 7.52. The van der Waals surface area contributed by atoms with Gasteiger partial charge in [0.25, 0.3) is 0 Å². The molecule has 1 aromatic heterocycles. The molecule has 5 nitrogen and oxygen atoms in total. The first-order valence-electron chi connectivity index (χ1n) is 9.70. The molecule has 1 aromatic rings. The zero-order valence-corrected chi connectivity index (χ0v) is 15.3. The molecule has 2 heterocycles. The van der Waals surface area contributed by atoms with E-state index < -0.39 is 0 Å². The zero-order chi connectivity index (χ0) is 16.9. The zero-order valence-electron chi connectivity index (χ0n) is 15.3. The molecule has 0 aromatic carbocycles. The Balaban J connectivity index is 1.66. The summed E-state index contributed by atoms with van der Waals surface area (Å²) in [4.78, 5) is 14.6. The standard InChI is InChI=1S/C19H32N4O/c1-3-20-19(24)16-10-7-11-23(13-16)14-17-12-22(2)21-18(17)15-8-5-4-6-9-15/h12,15-16H,3-11,13-14H2,1-2H3,(H,20,24). The van der Waals surface area contributed by atoms with Crippen LogP contribution in [0, 0.1) is 5.92 Å². The SMILES string of the molecule is CCNC(=O)C1CCCN(Cc2cn(C)nc2C2CCCCC2)C1. The molecule has 1 saturated heterocycles. The van der Waals surface area contributed by atoms with Crippen LogP contribution in [-0.4, -0.2) is 40.2 Å². The van der Waals surface area contributed by atoms with Gasteiger partial charge in [0.05, 0.1) is 11.6 Å². The molecule has 0 radical (unpaired) electrons. The fraction of sp³-hybridized carbons (Fsp3) is 0.789. The molecular formula is C19H32N4O. The van der Waals surface area contributed by atoms with Gasteiger partial charge in [-0.25, -0.2) is 0 Å². The number of likely N-dealkylation sites (tertiary alicyclic amines) is 1. The van der Waals surface area contributed by atoms with E-state index in [-0.39, 0.29) is 11.8 Å². The Morgan fingerprint density at radius 2 is 2.04 bits per heavy atom. The molecule has 0 bridgehead atoms. The summed E-state index contributed by atoms with van der Waals surface area (Å²) < 4.78 is 1.98. The van der Waals surface area contributed by atoms with Gasteiger partial charge in [0, 0.05) is 44.4 Å². The number of carbonyl (C=O) groups is 1. The van der Waals surface area contributed by atoms with Gasteiger partial charge in [0.2, 0.25) is 5.91 Å². The lowest BCUT2D eigenvalue weighted by Gasteiger charge is -2.32. The summed E-state index contributed by atoms with van der Waals surface area (Å²) in [7, 11) is 2.03. The van der Waals surface area contributed by atoms with Crippen LogP contribution in [0.3, 0.4) is 0 Å². The van der Waals surface area contributed by atoms with E-state index in [2.05, 4.69) is 16.4 Å². The van der Waals surface area contributed by atoms with Crippen LogP contribution in [0.25, 0.3) is 0 Å². The normalized spacial score (nSPS) is 23.3. The van der Waals surface area contributed by atoms with Gasteiger partial charge in [-0.15, -0.1) is 0 Å². The first-order valence-corrected chi connectivity index (χ1v) is 9.70. The van der Waals surface area contributed by atoms with Crippen LogP contribution in [-0.2, 0) is 18.4 Å². The summed E-state index contributed by atoms with van der Waals surface area (Å²) in [5.41, 5.74) is 2.69. The number of nitrogens with zero attached hydrogens (tertiary/aromatic N) is 3. The number of aromatic nitrogens is 2. The van der Waals surface area contributed by atoms with Gasteiger partial charge in [-0.1, -0.05) is 19.3 Å². The summed E-state index contributed by atoms with van der Waals surface area (Å²) in [6.45, 7) is 5.63. The third kappa shape index (κ3) is 4.18. The van der Waals surface area contributed by atoms with Crippen molar-refractivity contribution in [3.8, 4) is 0 Å².